The molecule has 3 rings (SSSR count). The monoisotopic (exact) mass is 351 g/mol. The number of carbonyl (C=O) groups excluding carboxylic acids is 1. The quantitative estimate of drug-likeness (QED) is 0.683. The van der Waals surface area contributed by atoms with E-state index in [0.717, 1.165) is 12.0 Å². The summed E-state index contributed by atoms with van der Waals surface area (Å²) in [5.41, 5.74) is 2.89. The van der Waals surface area contributed by atoms with Crippen LogP contribution < -0.4 is 10.1 Å². The summed E-state index contributed by atoms with van der Waals surface area (Å²) in [5, 5.41) is 16.9. The minimum Gasteiger partial charge on any atom is -0.495 e. The number of hydrogen-bond acceptors (Lipinski definition) is 5. The number of aromatic nitrogens is 4. The molecule has 2 N–H and O–H groups in total. The van der Waals surface area contributed by atoms with Crippen molar-refractivity contribution in [1.29, 1.82) is 0 Å². The van der Waals surface area contributed by atoms with Crippen LogP contribution in [0.1, 0.15) is 29.8 Å². The maximum atomic E-state index is 12.9. The number of anilines is 1. The van der Waals surface area contributed by atoms with Gasteiger partial charge in [0.15, 0.2) is 5.82 Å². The Bertz CT molecular complexity index is 847. The molecule has 0 saturated carbocycles. The molecule has 1 aromatic heterocycles. The average molecular weight is 351 g/mol. The van der Waals surface area contributed by atoms with E-state index in [1.54, 1.807) is 19.2 Å². The van der Waals surface area contributed by atoms with Crippen LogP contribution >= 0.6 is 0 Å². The molecule has 0 bridgehead atoms. The molecule has 1 heterocycles. The van der Waals surface area contributed by atoms with Crippen LogP contribution in [0.25, 0.3) is 0 Å². The van der Waals surface area contributed by atoms with Crippen molar-refractivity contribution < 1.29 is 9.53 Å². The van der Waals surface area contributed by atoms with Crippen molar-refractivity contribution in [2.24, 2.45) is 0 Å². The molecular weight excluding hydrogens is 330 g/mol. The Morgan fingerprint density at radius 2 is 1.88 bits per heavy atom. The first-order valence-corrected chi connectivity index (χ1v) is 8.46. The maximum absolute atomic E-state index is 12.9. The number of aromatic amines is 1. The van der Waals surface area contributed by atoms with Crippen molar-refractivity contribution in [3.8, 4) is 5.75 Å². The lowest BCUT2D eigenvalue weighted by Crippen LogP contribution is -2.24. The Kier molecular flexibility index (Phi) is 5.58. The predicted molar refractivity (Wildman–Crippen MR) is 98.1 cm³/mol. The summed E-state index contributed by atoms with van der Waals surface area (Å²) in [7, 11) is 1.57. The van der Waals surface area contributed by atoms with Gasteiger partial charge in [0.05, 0.1) is 12.8 Å². The molecule has 0 unspecified atom stereocenters. The maximum Gasteiger partial charge on any atom is 0.235 e. The molecule has 0 aliphatic rings. The number of methoxy groups -OCH3 is 1. The number of nitrogens with zero attached hydrogens (tertiary/aromatic N) is 3. The number of tetrazole rings is 1. The molecular formula is C19H21N5O2. The fraction of sp³-hybridized carbons (Fsp3) is 0.263. The molecule has 7 heteroatoms. The second-order valence-corrected chi connectivity index (χ2v) is 5.89. The molecule has 0 saturated heterocycles. The van der Waals surface area contributed by atoms with E-state index in [9.17, 15) is 4.79 Å². The van der Waals surface area contributed by atoms with E-state index in [-0.39, 0.29) is 5.91 Å². The molecule has 0 aliphatic heterocycles. The van der Waals surface area contributed by atoms with Crippen LogP contribution in [-0.4, -0.2) is 33.6 Å². The summed E-state index contributed by atoms with van der Waals surface area (Å²) in [6, 6.07) is 15.5. The summed E-state index contributed by atoms with van der Waals surface area (Å²) in [6.45, 7) is 2.11. The highest BCUT2D eigenvalue weighted by Gasteiger charge is 2.26. The fourth-order valence-corrected chi connectivity index (χ4v) is 2.73. The average Bonchev–Trinajstić information content (AvgIpc) is 3.21. The highest BCUT2D eigenvalue weighted by Crippen LogP contribution is 2.26. The highest BCUT2D eigenvalue weighted by molar-refractivity contribution is 5.96. The van der Waals surface area contributed by atoms with E-state index >= 15 is 0 Å². The molecule has 26 heavy (non-hydrogen) atoms. The number of amides is 1. The number of nitrogens with one attached hydrogen (secondary N) is 2. The molecule has 0 spiro atoms. The summed E-state index contributed by atoms with van der Waals surface area (Å²) < 4.78 is 5.30. The van der Waals surface area contributed by atoms with E-state index < -0.39 is 5.92 Å². The highest BCUT2D eigenvalue weighted by atomic mass is 16.5. The van der Waals surface area contributed by atoms with Gasteiger partial charge in [-0.15, -0.1) is 10.2 Å². The number of hydrogen-bond donors (Lipinski definition) is 2. The standard InChI is InChI=1S/C19H21N5O2/c1-3-13-8-10-14(11-9-13)12-15(18-21-23-24-22-18)19(25)20-16-6-4-5-7-17(16)26-2/h4-11,15H,3,12H2,1-2H3,(H,20,25)(H,21,22,23,24)/t15-/m1/s1. The number of ether oxygens (including phenoxy) is 1. The van der Waals surface area contributed by atoms with Crippen LogP contribution in [0.15, 0.2) is 48.5 Å². The lowest BCUT2D eigenvalue weighted by atomic mass is 9.96. The summed E-state index contributed by atoms with van der Waals surface area (Å²) in [5.74, 6) is 0.179. The minimum absolute atomic E-state index is 0.213. The third-order valence-electron chi connectivity index (χ3n) is 4.23. The summed E-state index contributed by atoms with van der Waals surface area (Å²) >= 11 is 0. The minimum atomic E-state index is -0.564. The fourth-order valence-electron chi connectivity index (χ4n) is 2.73. The topological polar surface area (TPSA) is 92.8 Å². The zero-order valence-electron chi connectivity index (χ0n) is 14.8. The van der Waals surface area contributed by atoms with Crippen molar-refractivity contribution in [2.45, 2.75) is 25.7 Å². The number of aryl methyl sites for hydroxylation is 1. The number of H-pyrrole nitrogens is 1. The van der Waals surface area contributed by atoms with Gasteiger partial charge in [-0.3, -0.25) is 4.79 Å². The van der Waals surface area contributed by atoms with Gasteiger partial charge in [-0.25, -0.2) is 0 Å². The second-order valence-electron chi connectivity index (χ2n) is 5.89. The van der Waals surface area contributed by atoms with Crippen LogP contribution in [0.5, 0.6) is 5.75 Å². The number of benzene rings is 2. The van der Waals surface area contributed by atoms with Crippen molar-refractivity contribution in [3.63, 3.8) is 0 Å². The number of para-hydroxylation sites is 2. The Balaban J connectivity index is 1.82. The Morgan fingerprint density at radius 3 is 2.54 bits per heavy atom. The molecule has 7 nitrogen and oxygen atoms in total. The molecule has 0 aliphatic carbocycles. The van der Waals surface area contributed by atoms with E-state index in [2.05, 4.69) is 45.0 Å². The Morgan fingerprint density at radius 1 is 1.15 bits per heavy atom. The number of rotatable bonds is 7. The van der Waals surface area contributed by atoms with Gasteiger partial charge in [-0.1, -0.05) is 48.5 Å². The first-order valence-electron chi connectivity index (χ1n) is 8.46. The Labute approximate surface area is 151 Å². The predicted octanol–water partition coefficient (Wildman–Crippen LogP) is 2.74. The van der Waals surface area contributed by atoms with Gasteiger partial charge in [0.25, 0.3) is 0 Å². The van der Waals surface area contributed by atoms with Crippen LogP contribution in [0.4, 0.5) is 5.69 Å². The number of carbonyl (C=O) groups is 1. The Hall–Kier alpha value is -3.22. The van der Waals surface area contributed by atoms with Crippen LogP contribution in [0, 0.1) is 0 Å². The smallest absolute Gasteiger partial charge is 0.235 e. The van der Waals surface area contributed by atoms with Crippen molar-refractivity contribution in [1.82, 2.24) is 20.6 Å². The molecule has 134 valence electrons. The van der Waals surface area contributed by atoms with Gasteiger partial charge in [0.2, 0.25) is 5.91 Å². The molecule has 2 aromatic carbocycles. The van der Waals surface area contributed by atoms with E-state index in [1.807, 2.05) is 24.3 Å². The van der Waals surface area contributed by atoms with Crippen LogP contribution in [0.3, 0.4) is 0 Å². The van der Waals surface area contributed by atoms with Crippen molar-refractivity contribution in [3.05, 3.63) is 65.5 Å². The third-order valence-corrected chi connectivity index (χ3v) is 4.23. The van der Waals surface area contributed by atoms with Gasteiger partial charge in [-0.2, -0.15) is 5.21 Å². The lowest BCUT2D eigenvalue weighted by Gasteiger charge is -2.15. The van der Waals surface area contributed by atoms with Crippen molar-refractivity contribution >= 4 is 11.6 Å². The summed E-state index contributed by atoms with van der Waals surface area (Å²) in [4.78, 5) is 12.9. The van der Waals surface area contributed by atoms with Crippen LogP contribution in [-0.2, 0) is 17.6 Å². The van der Waals surface area contributed by atoms with Gasteiger partial charge in [-0.05, 0) is 36.1 Å². The van der Waals surface area contributed by atoms with Gasteiger partial charge < -0.3 is 10.1 Å². The van der Waals surface area contributed by atoms with E-state index in [4.69, 9.17) is 4.74 Å². The van der Waals surface area contributed by atoms with Gasteiger partial charge in [0, 0.05) is 0 Å². The van der Waals surface area contributed by atoms with Crippen LogP contribution in [0.2, 0.25) is 0 Å². The molecule has 0 radical (unpaired) electrons. The zero-order chi connectivity index (χ0) is 18.4. The molecule has 1 amide bonds. The SMILES string of the molecule is CCc1ccc(C[C@@H](C(=O)Nc2ccccc2OC)c2nn[nH]n2)cc1. The largest absolute Gasteiger partial charge is 0.495 e. The summed E-state index contributed by atoms with van der Waals surface area (Å²) in [6.07, 6.45) is 1.45. The second kappa shape index (κ2) is 8.24. The molecule has 3 aromatic rings. The van der Waals surface area contributed by atoms with E-state index in [0.29, 0.717) is 23.7 Å². The van der Waals surface area contributed by atoms with Gasteiger partial charge in [0.1, 0.15) is 11.7 Å². The zero-order valence-corrected chi connectivity index (χ0v) is 14.8. The first kappa shape index (κ1) is 17.6. The lowest BCUT2D eigenvalue weighted by molar-refractivity contribution is -0.117. The van der Waals surface area contributed by atoms with Gasteiger partial charge >= 0.3 is 0 Å². The normalized spacial score (nSPS) is 11.8. The van der Waals surface area contributed by atoms with E-state index in [1.165, 1.54) is 5.56 Å². The third kappa shape index (κ3) is 4.05. The molecule has 1 atom stereocenters. The first-order chi connectivity index (χ1) is 12.7. The van der Waals surface area contributed by atoms with Crippen molar-refractivity contribution in [2.75, 3.05) is 12.4 Å². The molecule has 0 fully saturated rings.